The molecule has 4 nitrogen and oxygen atoms in total. The summed E-state index contributed by atoms with van der Waals surface area (Å²) in [6.45, 7) is 6.69. The Morgan fingerprint density at radius 1 is 1.21 bits per heavy atom. The maximum Gasteiger partial charge on any atom is 0.330 e. The van der Waals surface area contributed by atoms with Gasteiger partial charge in [-0.15, -0.1) is 0 Å². The lowest BCUT2D eigenvalue weighted by Crippen LogP contribution is -1.92. The van der Waals surface area contributed by atoms with Crippen molar-refractivity contribution >= 4 is 18.0 Å². The fourth-order valence-electron chi connectivity index (χ4n) is 1.03. The SMILES string of the molecule is C=C(C)C(=O)O.CCc1ccc(C=CC(=O)O)cc1. The van der Waals surface area contributed by atoms with Gasteiger partial charge in [-0.05, 0) is 30.5 Å². The standard InChI is InChI=1S/C11H12O2.C4H6O2/c1-2-9-3-5-10(6-4-9)7-8-11(12)13;1-3(2)4(5)6/h3-8H,2H2,1H3,(H,12,13);1H2,2H3,(H,5,6). The van der Waals surface area contributed by atoms with Crippen LogP contribution in [0.2, 0.25) is 0 Å². The highest BCUT2D eigenvalue weighted by molar-refractivity contribution is 5.85. The zero-order valence-electron chi connectivity index (χ0n) is 11.1. The van der Waals surface area contributed by atoms with Gasteiger partial charge in [-0.1, -0.05) is 37.8 Å². The molecule has 4 heteroatoms. The number of carboxylic acids is 2. The van der Waals surface area contributed by atoms with Crippen LogP contribution in [-0.2, 0) is 16.0 Å². The van der Waals surface area contributed by atoms with Gasteiger partial charge in [0.05, 0.1) is 0 Å². The normalized spacial score (nSPS) is 9.58. The number of carboxylic acid groups (broad SMARTS) is 2. The predicted molar refractivity (Wildman–Crippen MR) is 74.9 cm³/mol. The van der Waals surface area contributed by atoms with Crippen LogP contribution in [0.5, 0.6) is 0 Å². The molecule has 0 aliphatic carbocycles. The lowest BCUT2D eigenvalue weighted by atomic mass is 10.1. The van der Waals surface area contributed by atoms with Crippen LogP contribution in [0.4, 0.5) is 0 Å². The summed E-state index contributed by atoms with van der Waals surface area (Å²) in [6.07, 6.45) is 3.73. The molecule has 0 aliphatic rings. The Morgan fingerprint density at radius 2 is 1.68 bits per heavy atom. The van der Waals surface area contributed by atoms with Crippen molar-refractivity contribution in [2.45, 2.75) is 20.3 Å². The zero-order valence-corrected chi connectivity index (χ0v) is 11.1. The Morgan fingerprint density at radius 3 is 2.00 bits per heavy atom. The van der Waals surface area contributed by atoms with E-state index in [9.17, 15) is 9.59 Å². The van der Waals surface area contributed by atoms with Gasteiger partial charge < -0.3 is 10.2 Å². The van der Waals surface area contributed by atoms with Crippen LogP contribution in [0, 0.1) is 0 Å². The van der Waals surface area contributed by atoms with Crippen LogP contribution in [0.15, 0.2) is 42.5 Å². The highest BCUT2D eigenvalue weighted by Gasteiger charge is 1.91. The molecule has 0 amide bonds. The van der Waals surface area contributed by atoms with Gasteiger partial charge in [0, 0.05) is 11.6 Å². The average Bonchev–Trinajstić information content (AvgIpc) is 2.37. The topological polar surface area (TPSA) is 74.6 Å². The molecule has 0 heterocycles. The molecule has 0 aliphatic heterocycles. The summed E-state index contributed by atoms with van der Waals surface area (Å²) in [5.74, 6) is -1.85. The van der Waals surface area contributed by atoms with Gasteiger partial charge in [0.2, 0.25) is 0 Å². The fraction of sp³-hybridized carbons (Fsp3) is 0.200. The summed E-state index contributed by atoms with van der Waals surface area (Å²) < 4.78 is 0. The second-order valence-corrected chi connectivity index (χ2v) is 3.85. The number of carbonyl (C=O) groups is 2. The van der Waals surface area contributed by atoms with E-state index in [0.717, 1.165) is 18.1 Å². The number of rotatable bonds is 4. The van der Waals surface area contributed by atoms with Gasteiger partial charge in [-0.25, -0.2) is 9.59 Å². The Balaban J connectivity index is 0.000000459. The third-order valence-corrected chi connectivity index (χ3v) is 2.17. The van der Waals surface area contributed by atoms with Crippen molar-refractivity contribution in [2.75, 3.05) is 0 Å². The quantitative estimate of drug-likeness (QED) is 0.818. The van der Waals surface area contributed by atoms with Gasteiger partial charge in [-0.3, -0.25) is 0 Å². The van der Waals surface area contributed by atoms with Crippen LogP contribution in [0.3, 0.4) is 0 Å². The van der Waals surface area contributed by atoms with Crippen molar-refractivity contribution in [1.82, 2.24) is 0 Å². The maximum absolute atomic E-state index is 10.2. The second kappa shape index (κ2) is 8.69. The fourth-order valence-corrected chi connectivity index (χ4v) is 1.03. The minimum Gasteiger partial charge on any atom is -0.478 e. The zero-order chi connectivity index (χ0) is 14.8. The lowest BCUT2D eigenvalue weighted by molar-refractivity contribution is -0.133. The Hall–Kier alpha value is -2.36. The number of hydrogen-bond donors (Lipinski definition) is 2. The van der Waals surface area contributed by atoms with E-state index in [2.05, 4.69) is 13.5 Å². The number of benzene rings is 1. The monoisotopic (exact) mass is 262 g/mol. The minimum absolute atomic E-state index is 0.176. The Kier molecular flexibility index (Phi) is 7.61. The van der Waals surface area contributed by atoms with Crippen molar-refractivity contribution < 1.29 is 19.8 Å². The first-order valence-corrected chi connectivity index (χ1v) is 5.75. The van der Waals surface area contributed by atoms with E-state index in [1.807, 2.05) is 24.3 Å². The van der Waals surface area contributed by atoms with E-state index >= 15 is 0 Å². The molecule has 1 aromatic rings. The molecule has 2 N–H and O–H groups in total. The first-order valence-electron chi connectivity index (χ1n) is 5.75. The summed E-state index contributed by atoms with van der Waals surface area (Å²) in [4.78, 5) is 19.8. The van der Waals surface area contributed by atoms with Crippen LogP contribution in [-0.4, -0.2) is 22.2 Å². The lowest BCUT2D eigenvalue weighted by Gasteiger charge is -1.96. The molecule has 0 saturated heterocycles. The van der Waals surface area contributed by atoms with Crippen LogP contribution < -0.4 is 0 Å². The first-order chi connectivity index (χ1) is 8.86. The Bertz CT molecular complexity index is 457. The van der Waals surface area contributed by atoms with E-state index in [1.165, 1.54) is 12.5 Å². The molecule has 0 radical (unpaired) electrons. The van der Waals surface area contributed by atoms with Crippen molar-refractivity contribution in [3.63, 3.8) is 0 Å². The van der Waals surface area contributed by atoms with Crippen molar-refractivity contribution in [2.24, 2.45) is 0 Å². The van der Waals surface area contributed by atoms with E-state index in [1.54, 1.807) is 6.08 Å². The van der Waals surface area contributed by atoms with E-state index in [4.69, 9.17) is 10.2 Å². The van der Waals surface area contributed by atoms with Gasteiger partial charge in [0.15, 0.2) is 0 Å². The van der Waals surface area contributed by atoms with Gasteiger partial charge in [0.25, 0.3) is 0 Å². The molecule has 19 heavy (non-hydrogen) atoms. The van der Waals surface area contributed by atoms with E-state index in [-0.39, 0.29) is 5.57 Å². The minimum atomic E-state index is -0.935. The third-order valence-electron chi connectivity index (χ3n) is 2.17. The van der Waals surface area contributed by atoms with Crippen molar-refractivity contribution in [1.29, 1.82) is 0 Å². The molecule has 0 atom stereocenters. The molecular formula is C15H18O4. The van der Waals surface area contributed by atoms with E-state index < -0.39 is 11.9 Å². The summed E-state index contributed by atoms with van der Waals surface area (Å²) >= 11 is 0. The summed E-state index contributed by atoms with van der Waals surface area (Å²) in [7, 11) is 0. The number of hydrogen-bond acceptors (Lipinski definition) is 2. The molecule has 1 rings (SSSR count). The summed E-state index contributed by atoms with van der Waals surface area (Å²) in [5.41, 5.74) is 2.35. The van der Waals surface area contributed by atoms with Gasteiger partial charge in [0.1, 0.15) is 0 Å². The summed E-state index contributed by atoms with van der Waals surface area (Å²) in [5, 5.41) is 16.3. The molecule has 0 unspecified atom stereocenters. The molecule has 0 spiro atoms. The van der Waals surface area contributed by atoms with Crippen molar-refractivity contribution in [3.05, 3.63) is 53.6 Å². The predicted octanol–water partition coefficient (Wildman–Crippen LogP) is 2.99. The van der Waals surface area contributed by atoms with Crippen LogP contribution in [0.1, 0.15) is 25.0 Å². The molecule has 0 bridgehead atoms. The highest BCUT2D eigenvalue weighted by Crippen LogP contribution is 2.06. The van der Waals surface area contributed by atoms with Crippen molar-refractivity contribution in [3.8, 4) is 0 Å². The third kappa shape index (κ3) is 8.37. The van der Waals surface area contributed by atoms with E-state index in [0.29, 0.717) is 0 Å². The molecule has 0 saturated carbocycles. The first kappa shape index (κ1) is 16.6. The molecule has 0 fully saturated rings. The Labute approximate surface area is 112 Å². The maximum atomic E-state index is 10.2. The summed E-state index contributed by atoms with van der Waals surface area (Å²) in [6, 6.07) is 7.83. The van der Waals surface area contributed by atoms with Crippen LogP contribution >= 0.6 is 0 Å². The van der Waals surface area contributed by atoms with Crippen LogP contribution in [0.25, 0.3) is 6.08 Å². The smallest absolute Gasteiger partial charge is 0.330 e. The average molecular weight is 262 g/mol. The molecule has 1 aromatic carbocycles. The highest BCUT2D eigenvalue weighted by atomic mass is 16.4. The molecule has 102 valence electrons. The van der Waals surface area contributed by atoms with Gasteiger partial charge in [-0.2, -0.15) is 0 Å². The number of aliphatic carboxylic acids is 2. The largest absolute Gasteiger partial charge is 0.478 e. The number of aryl methyl sites for hydroxylation is 1. The second-order valence-electron chi connectivity index (χ2n) is 3.85. The molecular weight excluding hydrogens is 244 g/mol. The molecule has 0 aromatic heterocycles. The van der Waals surface area contributed by atoms with Gasteiger partial charge >= 0.3 is 11.9 Å².